The van der Waals surface area contributed by atoms with Crippen LogP contribution in [0.1, 0.15) is 56.5 Å². The fourth-order valence-corrected chi connectivity index (χ4v) is 5.90. The van der Waals surface area contributed by atoms with Crippen LogP contribution < -0.4 is 11.1 Å². The highest BCUT2D eigenvalue weighted by Crippen LogP contribution is 2.57. The van der Waals surface area contributed by atoms with E-state index in [0.717, 1.165) is 46.5 Å². The predicted octanol–water partition coefficient (Wildman–Crippen LogP) is 3.52. The van der Waals surface area contributed by atoms with E-state index in [9.17, 15) is 4.79 Å². The van der Waals surface area contributed by atoms with Gasteiger partial charge in [0.05, 0.1) is 28.4 Å². The van der Waals surface area contributed by atoms with Crippen molar-refractivity contribution < 1.29 is 4.79 Å². The summed E-state index contributed by atoms with van der Waals surface area (Å²) in [5.74, 6) is 1.30. The van der Waals surface area contributed by atoms with Gasteiger partial charge in [0, 0.05) is 35.5 Å². The molecule has 32 heavy (non-hydrogen) atoms. The van der Waals surface area contributed by atoms with Crippen LogP contribution in [0, 0.1) is 5.92 Å². The number of rotatable bonds is 2. The maximum Gasteiger partial charge on any atom is 0.225 e. The summed E-state index contributed by atoms with van der Waals surface area (Å²) in [6.07, 6.45) is 5.29. The van der Waals surface area contributed by atoms with E-state index in [1.807, 2.05) is 37.8 Å². The lowest BCUT2D eigenvalue weighted by molar-refractivity contribution is -0.136. The average molecular weight is 452 g/mol. The maximum atomic E-state index is 13.1. The van der Waals surface area contributed by atoms with Gasteiger partial charge >= 0.3 is 0 Å². The first kappa shape index (κ1) is 19.8. The molecule has 8 nitrogen and oxygen atoms in total. The van der Waals surface area contributed by atoms with Gasteiger partial charge in [-0.25, -0.2) is 15.0 Å². The van der Waals surface area contributed by atoms with E-state index >= 15 is 0 Å². The summed E-state index contributed by atoms with van der Waals surface area (Å²) in [6, 6.07) is 3.62. The standard InChI is InChI=1S/C23H26ClN7O/c1-12(2)21(32)30-9-14-15(17-22(3,24)13-5-4-8-26-19(13)29-17)16-18(25)27-11-28-20(16)31(14)23(10-30)6-7-23/h4-5,8,11-12,17H,6-7,9-10H2,1-3H3,(H,26,29)(H2,25,27,28). The van der Waals surface area contributed by atoms with Crippen LogP contribution in [0.3, 0.4) is 0 Å². The number of hydrogen-bond acceptors (Lipinski definition) is 6. The number of nitrogens with two attached hydrogens (primary N) is 1. The minimum absolute atomic E-state index is 0.0635. The van der Waals surface area contributed by atoms with Gasteiger partial charge in [-0.1, -0.05) is 19.9 Å². The number of fused-ring (bicyclic) bond motifs is 5. The molecule has 166 valence electrons. The third-order valence-electron chi connectivity index (χ3n) is 7.30. The minimum Gasteiger partial charge on any atom is -0.383 e. The molecular formula is C23H26ClN7O. The summed E-state index contributed by atoms with van der Waals surface area (Å²) < 4.78 is 2.32. The number of alkyl halides is 1. The molecule has 1 fully saturated rings. The fraction of sp³-hybridized carbons (Fsp3) is 0.478. The van der Waals surface area contributed by atoms with E-state index in [1.54, 1.807) is 6.20 Å². The minimum atomic E-state index is -0.747. The molecular weight excluding hydrogens is 426 g/mol. The number of nitrogens with one attached hydrogen (secondary N) is 1. The molecule has 0 radical (unpaired) electrons. The van der Waals surface area contributed by atoms with E-state index in [4.69, 9.17) is 17.3 Å². The van der Waals surface area contributed by atoms with Crippen LogP contribution in [0.5, 0.6) is 0 Å². The van der Waals surface area contributed by atoms with Gasteiger partial charge in [0.15, 0.2) is 0 Å². The molecule has 2 atom stereocenters. The van der Waals surface area contributed by atoms with E-state index in [2.05, 4.69) is 24.8 Å². The van der Waals surface area contributed by atoms with Crippen molar-refractivity contribution in [2.45, 2.75) is 56.6 Å². The van der Waals surface area contributed by atoms with Crippen LogP contribution in [0.4, 0.5) is 11.6 Å². The van der Waals surface area contributed by atoms with E-state index in [0.29, 0.717) is 18.9 Å². The van der Waals surface area contributed by atoms with Gasteiger partial charge < -0.3 is 20.5 Å². The number of halogens is 1. The number of nitrogens with zero attached hydrogens (tertiary/aromatic N) is 5. The van der Waals surface area contributed by atoms with Gasteiger partial charge in [0.2, 0.25) is 5.91 Å². The Morgan fingerprint density at radius 3 is 2.78 bits per heavy atom. The second-order valence-corrected chi connectivity index (χ2v) is 10.6. The summed E-state index contributed by atoms with van der Waals surface area (Å²) in [6.45, 7) is 7.10. The Hall–Kier alpha value is -2.87. The molecule has 3 N–H and O–H groups in total. The summed E-state index contributed by atoms with van der Waals surface area (Å²) >= 11 is 7.21. The molecule has 1 spiro atoms. The van der Waals surface area contributed by atoms with Crippen molar-refractivity contribution in [2.75, 3.05) is 17.6 Å². The van der Waals surface area contributed by atoms with Gasteiger partial charge in [0.1, 0.15) is 23.6 Å². The molecule has 0 bridgehead atoms. The van der Waals surface area contributed by atoms with Crippen molar-refractivity contribution in [3.8, 4) is 0 Å². The molecule has 0 aromatic carbocycles. The van der Waals surface area contributed by atoms with Crippen LogP contribution in [-0.2, 0) is 21.8 Å². The van der Waals surface area contributed by atoms with Crippen LogP contribution in [0.25, 0.3) is 11.0 Å². The number of pyridine rings is 1. The smallest absolute Gasteiger partial charge is 0.225 e. The van der Waals surface area contributed by atoms with Gasteiger partial charge in [-0.05, 0) is 25.8 Å². The Bertz CT molecular complexity index is 1280. The summed E-state index contributed by atoms with van der Waals surface area (Å²) in [5, 5.41) is 4.36. The number of hydrogen-bond donors (Lipinski definition) is 2. The monoisotopic (exact) mass is 451 g/mol. The molecule has 9 heteroatoms. The van der Waals surface area contributed by atoms with Crippen molar-refractivity contribution >= 4 is 40.2 Å². The Kier molecular flexibility index (Phi) is 3.92. The molecule has 2 unspecified atom stereocenters. The molecule has 1 saturated carbocycles. The second kappa shape index (κ2) is 6.34. The molecule has 2 aliphatic heterocycles. The highest BCUT2D eigenvalue weighted by atomic mass is 35.5. The Morgan fingerprint density at radius 1 is 1.31 bits per heavy atom. The number of amides is 1. The topological polar surface area (TPSA) is 102 Å². The molecule has 0 saturated heterocycles. The van der Waals surface area contributed by atoms with Gasteiger partial charge in [-0.3, -0.25) is 4.79 Å². The molecule has 1 aliphatic carbocycles. The third kappa shape index (κ3) is 2.50. The maximum absolute atomic E-state index is 13.1. The van der Waals surface area contributed by atoms with Crippen LogP contribution in [0.15, 0.2) is 24.7 Å². The quantitative estimate of drug-likeness (QED) is 0.578. The Balaban J connectivity index is 1.61. The van der Waals surface area contributed by atoms with Crippen molar-refractivity contribution in [3.05, 3.63) is 41.5 Å². The van der Waals surface area contributed by atoms with Crippen LogP contribution in [-0.4, -0.2) is 36.9 Å². The normalized spacial score (nSPS) is 25.2. The zero-order valence-corrected chi connectivity index (χ0v) is 19.1. The van der Waals surface area contributed by atoms with E-state index in [1.165, 1.54) is 6.33 Å². The lowest BCUT2D eigenvalue weighted by Crippen LogP contribution is -2.47. The zero-order valence-electron chi connectivity index (χ0n) is 18.4. The Labute approximate surface area is 191 Å². The summed E-state index contributed by atoms with van der Waals surface area (Å²) in [5.41, 5.74) is 10.1. The van der Waals surface area contributed by atoms with Crippen LogP contribution >= 0.6 is 11.6 Å². The first-order valence-electron chi connectivity index (χ1n) is 11.1. The molecule has 3 aromatic heterocycles. The molecule has 3 aromatic rings. The molecule has 6 rings (SSSR count). The first-order valence-corrected chi connectivity index (χ1v) is 11.5. The lowest BCUT2D eigenvalue weighted by Gasteiger charge is -2.38. The van der Waals surface area contributed by atoms with E-state index in [-0.39, 0.29) is 23.4 Å². The number of carbonyl (C=O) groups is 1. The highest BCUT2D eigenvalue weighted by Gasteiger charge is 2.54. The zero-order chi connectivity index (χ0) is 22.4. The van der Waals surface area contributed by atoms with Crippen LogP contribution in [0.2, 0.25) is 0 Å². The SMILES string of the molecule is CC(C)C(=O)N1Cc2c(C3Nc4ncccc4C3(C)Cl)c3c(N)ncnc3n2C2(CC2)C1. The number of anilines is 2. The molecule has 5 heterocycles. The van der Waals surface area contributed by atoms with Gasteiger partial charge in [-0.2, -0.15) is 0 Å². The summed E-state index contributed by atoms with van der Waals surface area (Å²) in [7, 11) is 0. The van der Waals surface area contributed by atoms with Crippen molar-refractivity contribution in [3.63, 3.8) is 0 Å². The lowest BCUT2D eigenvalue weighted by atomic mass is 9.89. The molecule has 1 amide bonds. The van der Waals surface area contributed by atoms with Crippen molar-refractivity contribution in [1.82, 2.24) is 24.4 Å². The largest absolute Gasteiger partial charge is 0.383 e. The predicted molar refractivity (Wildman–Crippen MR) is 123 cm³/mol. The summed E-state index contributed by atoms with van der Waals surface area (Å²) in [4.78, 5) is 27.8. The second-order valence-electron chi connectivity index (χ2n) is 9.78. The number of aromatic nitrogens is 4. The highest BCUT2D eigenvalue weighted by molar-refractivity contribution is 6.25. The number of nitrogen functional groups attached to an aromatic ring is 1. The number of carbonyl (C=O) groups excluding carboxylic acids is 1. The Morgan fingerprint density at radius 2 is 2.09 bits per heavy atom. The van der Waals surface area contributed by atoms with Crippen molar-refractivity contribution in [1.29, 1.82) is 0 Å². The molecule has 3 aliphatic rings. The van der Waals surface area contributed by atoms with Gasteiger partial charge in [0.25, 0.3) is 0 Å². The van der Waals surface area contributed by atoms with Gasteiger partial charge in [-0.15, -0.1) is 11.6 Å². The van der Waals surface area contributed by atoms with E-state index < -0.39 is 4.87 Å². The third-order valence-corrected chi connectivity index (χ3v) is 7.72. The first-order chi connectivity index (χ1) is 15.2. The fourth-order valence-electron chi connectivity index (χ4n) is 5.58. The van der Waals surface area contributed by atoms with Crippen molar-refractivity contribution in [2.24, 2.45) is 5.92 Å². The average Bonchev–Trinajstić information content (AvgIpc) is 3.35.